The number of nitrogens with one attached hydrogen (secondary N) is 1. The predicted molar refractivity (Wildman–Crippen MR) is 118 cm³/mol. The van der Waals surface area contributed by atoms with Crippen molar-refractivity contribution in [1.82, 2.24) is 15.1 Å². The Morgan fingerprint density at radius 3 is 2.50 bits per heavy atom. The minimum absolute atomic E-state index is 0.0409. The number of halogens is 1. The SMILES string of the molecule is CN(C)CC(=O)N[C@@H]1CCC[C@@H]1C(=O)N1CC[C@](O)(c2ccc(Cl)cc2)C(C)(C)C1. The number of carbonyl (C=O) groups excluding carboxylic acids is 2. The molecule has 3 atom stereocenters. The van der Waals surface area contributed by atoms with Gasteiger partial charge in [0, 0.05) is 29.6 Å². The first-order chi connectivity index (χ1) is 14.0. The summed E-state index contributed by atoms with van der Waals surface area (Å²) in [6.45, 7) is 5.30. The number of hydrogen-bond donors (Lipinski definition) is 2. The third-order valence-corrected chi connectivity index (χ3v) is 6.97. The second-order valence-corrected chi connectivity index (χ2v) is 10.1. The van der Waals surface area contributed by atoms with Crippen molar-refractivity contribution in [3.05, 3.63) is 34.9 Å². The second kappa shape index (κ2) is 8.85. The molecular formula is C23H34ClN3O3. The highest BCUT2D eigenvalue weighted by Crippen LogP contribution is 2.46. The van der Waals surface area contributed by atoms with Gasteiger partial charge in [0.05, 0.1) is 18.1 Å². The average molecular weight is 436 g/mol. The zero-order chi connectivity index (χ0) is 22.1. The molecule has 0 radical (unpaired) electrons. The molecule has 6 nitrogen and oxygen atoms in total. The van der Waals surface area contributed by atoms with E-state index >= 15 is 0 Å². The molecule has 7 heteroatoms. The van der Waals surface area contributed by atoms with E-state index in [1.54, 1.807) is 12.1 Å². The van der Waals surface area contributed by atoms with Gasteiger partial charge in [-0.1, -0.05) is 44.0 Å². The molecule has 0 bridgehead atoms. The van der Waals surface area contributed by atoms with Crippen molar-refractivity contribution in [1.29, 1.82) is 0 Å². The summed E-state index contributed by atoms with van der Waals surface area (Å²) in [5, 5.41) is 15.2. The number of nitrogens with zero attached hydrogens (tertiary/aromatic N) is 2. The lowest BCUT2D eigenvalue weighted by Gasteiger charge is -2.51. The fourth-order valence-corrected chi connectivity index (χ4v) is 5.10. The highest BCUT2D eigenvalue weighted by molar-refractivity contribution is 6.30. The maximum Gasteiger partial charge on any atom is 0.234 e. The average Bonchev–Trinajstić information content (AvgIpc) is 3.11. The van der Waals surface area contributed by atoms with Crippen LogP contribution in [0.5, 0.6) is 0 Å². The van der Waals surface area contributed by atoms with Crippen LogP contribution in [0.25, 0.3) is 0 Å². The summed E-state index contributed by atoms with van der Waals surface area (Å²) in [4.78, 5) is 29.3. The molecule has 1 heterocycles. The first-order valence-corrected chi connectivity index (χ1v) is 11.1. The molecule has 0 aromatic heterocycles. The Morgan fingerprint density at radius 1 is 1.23 bits per heavy atom. The topological polar surface area (TPSA) is 72.9 Å². The van der Waals surface area contributed by atoms with Crippen LogP contribution in [0.3, 0.4) is 0 Å². The number of hydrogen-bond acceptors (Lipinski definition) is 4. The van der Waals surface area contributed by atoms with Crippen LogP contribution in [-0.4, -0.2) is 66.5 Å². The highest BCUT2D eigenvalue weighted by Gasteiger charge is 2.50. The summed E-state index contributed by atoms with van der Waals surface area (Å²) < 4.78 is 0. The van der Waals surface area contributed by atoms with E-state index in [9.17, 15) is 14.7 Å². The molecule has 2 fully saturated rings. The van der Waals surface area contributed by atoms with Gasteiger partial charge in [-0.3, -0.25) is 9.59 Å². The Kier molecular flexibility index (Phi) is 6.80. The van der Waals surface area contributed by atoms with Gasteiger partial charge in [-0.05, 0) is 51.1 Å². The summed E-state index contributed by atoms with van der Waals surface area (Å²) in [5.41, 5.74) is -0.709. The van der Waals surface area contributed by atoms with Crippen LogP contribution in [-0.2, 0) is 15.2 Å². The molecule has 166 valence electrons. The van der Waals surface area contributed by atoms with Gasteiger partial charge in [0.1, 0.15) is 0 Å². The summed E-state index contributed by atoms with van der Waals surface area (Å²) >= 11 is 6.01. The van der Waals surface area contributed by atoms with Crippen LogP contribution < -0.4 is 5.32 Å². The first-order valence-electron chi connectivity index (χ1n) is 10.7. The molecule has 0 spiro atoms. The monoisotopic (exact) mass is 435 g/mol. The number of carbonyl (C=O) groups is 2. The van der Waals surface area contributed by atoms with Crippen LogP contribution in [0.4, 0.5) is 0 Å². The van der Waals surface area contributed by atoms with Gasteiger partial charge in [0.2, 0.25) is 11.8 Å². The van der Waals surface area contributed by atoms with Crippen molar-refractivity contribution in [2.24, 2.45) is 11.3 Å². The van der Waals surface area contributed by atoms with Crippen LogP contribution in [0.15, 0.2) is 24.3 Å². The number of piperidine rings is 1. The van der Waals surface area contributed by atoms with Gasteiger partial charge < -0.3 is 20.2 Å². The lowest BCUT2D eigenvalue weighted by Crippen LogP contribution is -2.58. The van der Waals surface area contributed by atoms with E-state index < -0.39 is 11.0 Å². The lowest BCUT2D eigenvalue weighted by atomic mass is 9.66. The van der Waals surface area contributed by atoms with Gasteiger partial charge in [-0.25, -0.2) is 0 Å². The van der Waals surface area contributed by atoms with Crippen LogP contribution in [0, 0.1) is 11.3 Å². The molecular weight excluding hydrogens is 402 g/mol. The van der Waals surface area contributed by atoms with Crippen molar-refractivity contribution in [2.75, 3.05) is 33.7 Å². The molecule has 1 aliphatic heterocycles. The fourth-order valence-electron chi connectivity index (χ4n) is 4.97. The van der Waals surface area contributed by atoms with Gasteiger partial charge in [0.15, 0.2) is 0 Å². The van der Waals surface area contributed by atoms with Gasteiger partial charge in [0.25, 0.3) is 0 Å². The molecule has 2 N–H and O–H groups in total. The lowest BCUT2D eigenvalue weighted by molar-refractivity contribution is -0.157. The molecule has 2 amide bonds. The first kappa shape index (κ1) is 23.0. The van der Waals surface area contributed by atoms with Crippen molar-refractivity contribution >= 4 is 23.4 Å². The molecule has 3 rings (SSSR count). The normalized spacial score (nSPS) is 28.6. The van der Waals surface area contributed by atoms with E-state index in [4.69, 9.17) is 11.6 Å². The Hall–Kier alpha value is -1.63. The van der Waals surface area contributed by atoms with Crippen molar-refractivity contribution in [3.63, 3.8) is 0 Å². The Bertz CT molecular complexity index is 780. The summed E-state index contributed by atoms with van der Waals surface area (Å²) in [5.74, 6) is -0.136. The van der Waals surface area contributed by atoms with E-state index in [1.807, 2.05) is 49.9 Å². The van der Waals surface area contributed by atoms with E-state index in [2.05, 4.69) is 5.32 Å². The zero-order valence-electron chi connectivity index (χ0n) is 18.4. The molecule has 1 aromatic carbocycles. The highest BCUT2D eigenvalue weighted by atomic mass is 35.5. The van der Waals surface area contributed by atoms with Gasteiger partial charge in [-0.2, -0.15) is 0 Å². The fraction of sp³-hybridized carbons (Fsp3) is 0.652. The van der Waals surface area contributed by atoms with Crippen molar-refractivity contribution in [2.45, 2.75) is 51.2 Å². The third-order valence-electron chi connectivity index (χ3n) is 6.72. The standard InChI is InChI=1S/C23H34ClN3O3/c1-22(2)15-27(13-12-23(22,30)16-8-10-17(24)11-9-16)21(29)18-6-5-7-19(18)25-20(28)14-26(3)4/h8-11,18-19,30H,5-7,12-15H2,1-4H3,(H,25,28)/t18-,19+,23-/m0/s1. The number of likely N-dealkylation sites (N-methyl/N-ethyl adjacent to an activating group) is 1. The van der Waals surface area contributed by atoms with Gasteiger partial charge in [-0.15, -0.1) is 0 Å². The minimum Gasteiger partial charge on any atom is -0.384 e. The van der Waals surface area contributed by atoms with Crippen molar-refractivity contribution in [3.8, 4) is 0 Å². The maximum absolute atomic E-state index is 13.4. The van der Waals surface area contributed by atoms with Crippen molar-refractivity contribution < 1.29 is 14.7 Å². The van der Waals surface area contributed by atoms with Gasteiger partial charge >= 0.3 is 0 Å². The molecule has 30 heavy (non-hydrogen) atoms. The quantitative estimate of drug-likeness (QED) is 0.745. The second-order valence-electron chi connectivity index (χ2n) is 9.71. The molecule has 1 aromatic rings. The molecule has 1 aliphatic carbocycles. The van der Waals surface area contributed by atoms with E-state index in [0.717, 1.165) is 24.8 Å². The van der Waals surface area contributed by atoms with Crippen LogP contribution >= 0.6 is 11.6 Å². The number of likely N-dealkylation sites (tertiary alicyclic amines) is 1. The number of amides is 2. The predicted octanol–water partition coefficient (Wildman–Crippen LogP) is 2.63. The smallest absolute Gasteiger partial charge is 0.234 e. The molecule has 0 unspecified atom stereocenters. The largest absolute Gasteiger partial charge is 0.384 e. The Morgan fingerprint density at radius 2 is 1.90 bits per heavy atom. The minimum atomic E-state index is -1.02. The summed E-state index contributed by atoms with van der Waals surface area (Å²) in [7, 11) is 3.71. The Labute approximate surface area is 184 Å². The molecule has 1 saturated heterocycles. The third kappa shape index (κ3) is 4.66. The Balaban J connectivity index is 1.69. The number of benzene rings is 1. The van der Waals surface area contributed by atoms with E-state index in [0.29, 0.717) is 31.1 Å². The summed E-state index contributed by atoms with van der Waals surface area (Å²) in [6.07, 6.45) is 3.04. The number of aliphatic hydroxyl groups is 1. The molecule has 2 aliphatic rings. The maximum atomic E-state index is 13.4. The van der Waals surface area contributed by atoms with E-state index in [-0.39, 0.29) is 23.8 Å². The summed E-state index contributed by atoms with van der Waals surface area (Å²) in [6, 6.07) is 7.22. The van der Waals surface area contributed by atoms with E-state index in [1.165, 1.54) is 0 Å². The van der Waals surface area contributed by atoms with Crippen LogP contribution in [0.2, 0.25) is 5.02 Å². The number of rotatable bonds is 5. The zero-order valence-corrected chi connectivity index (χ0v) is 19.2. The molecule has 1 saturated carbocycles. The van der Waals surface area contributed by atoms with Crippen LogP contribution in [0.1, 0.15) is 45.1 Å².